The van der Waals surface area contributed by atoms with Gasteiger partial charge in [-0.1, -0.05) is 0 Å². The molecule has 0 saturated carbocycles. The van der Waals surface area contributed by atoms with Crippen molar-refractivity contribution in [3.63, 3.8) is 0 Å². The largest absolute Gasteiger partial charge is 0.363 e. The molecular formula is C16H23N7O. The maximum Gasteiger partial charge on any atom is 0.269 e. The second-order valence-corrected chi connectivity index (χ2v) is 6.23. The zero-order valence-electron chi connectivity index (χ0n) is 14.3. The number of nitrogens with zero attached hydrogens (tertiary/aromatic N) is 6. The fraction of sp³-hybridized carbons (Fsp3) is 0.500. The van der Waals surface area contributed by atoms with Gasteiger partial charge in [-0.3, -0.25) is 9.48 Å². The number of aromatic nitrogens is 4. The number of piperidine rings is 1. The Morgan fingerprint density at radius 1 is 1.38 bits per heavy atom. The zero-order valence-corrected chi connectivity index (χ0v) is 14.3. The molecule has 24 heavy (non-hydrogen) atoms. The number of carbonyl (C=O) groups excluding carboxylic acids is 1. The fourth-order valence-electron chi connectivity index (χ4n) is 2.91. The Hall–Kier alpha value is -2.64. The third-order valence-corrected chi connectivity index (χ3v) is 4.23. The minimum Gasteiger partial charge on any atom is -0.363 e. The molecule has 1 N–H and O–H groups in total. The van der Waals surface area contributed by atoms with Gasteiger partial charge in [-0.25, -0.2) is 9.97 Å². The van der Waals surface area contributed by atoms with Crippen LogP contribution < -0.4 is 15.1 Å². The van der Waals surface area contributed by atoms with Crippen LogP contribution in [0.25, 0.3) is 0 Å². The molecular weight excluding hydrogens is 306 g/mol. The molecule has 0 radical (unpaired) electrons. The first-order chi connectivity index (χ1) is 11.5. The van der Waals surface area contributed by atoms with Crippen LogP contribution in [0.1, 0.15) is 23.3 Å². The van der Waals surface area contributed by atoms with Gasteiger partial charge in [0.2, 0.25) is 0 Å². The molecule has 0 unspecified atom stereocenters. The van der Waals surface area contributed by atoms with E-state index < -0.39 is 0 Å². The molecule has 0 spiro atoms. The average Bonchev–Trinajstić information content (AvgIpc) is 3.01. The van der Waals surface area contributed by atoms with E-state index in [0.29, 0.717) is 5.69 Å². The van der Waals surface area contributed by atoms with Crippen LogP contribution >= 0.6 is 0 Å². The second kappa shape index (κ2) is 6.86. The van der Waals surface area contributed by atoms with Gasteiger partial charge < -0.3 is 15.1 Å². The van der Waals surface area contributed by atoms with E-state index >= 15 is 0 Å². The van der Waals surface area contributed by atoms with Crippen LogP contribution in [0.4, 0.5) is 11.6 Å². The Kier molecular flexibility index (Phi) is 4.64. The highest BCUT2D eigenvalue weighted by Crippen LogP contribution is 2.20. The van der Waals surface area contributed by atoms with Crippen molar-refractivity contribution in [2.45, 2.75) is 18.9 Å². The van der Waals surface area contributed by atoms with E-state index in [2.05, 4.69) is 25.3 Å². The predicted molar refractivity (Wildman–Crippen MR) is 92.3 cm³/mol. The van der Waals surface area contributed by atoms with Crippen LogP contribution in [-0.4, -0.2) is 58.9 Å². The molecule has 128 valence electrons. The van der Waals surface area contributed by atoms with E-state index in [1.165, 1.54) is 0 Å². The van der Waals surface area contributed by atoms with Crippen LogP contribution in [-0.2, 0) is 7.05 Å². The van der Waals surface area contributed by atoms with Crippen molar-refractivity contribution < 1.29 is 4.79 Å². The van der Waals surface area contributed by atoms with Crippen molar-refractivity contribution in [1.29, 1.82) is 0 Å². The first kappa shape index (κ1) is 16.2. The van der Waals surface area contributed by atoms with Crippen molar-refractivity contribution in [1.82, 2.24) is 25.1 Å². The molecule has 0 aliphatic carbocycles. The smallest absolute Gasteiger partial charge is 0.269 e. The Bertz CT molecular complexity index is 712. The van der Waals surface area contributed by atoms with Crippen molar-refractivity contribution in [3.8, 4) is 0 Å². The van der Waals surface area contributed by atoms with E-state index in [0.717, 1.165) is 37.6 Å². The molecule has 2 aromatic rings. The van der Waals surface area contributed by atoms with Crippen molar-refractivity contribution in [3.05, 3.63) is 30.4 Å². The lowest BCUT2D eigenvalue weighted by Gasteiger charge is -2.34. The molecule has 8 heteroatoms. The average molecular weight is 329 g/mol. The van der Waals surface area contributed by atoms with Crippen molar-refractivity contribution in [2.24, 2.45) is 7.05 Å². The number of hydrogen-bond acceptors (Lipinski definition) is 6. The van der Waals surface area contributed by atoms with Crippen molar-refractivity contribution >= 4 is 17.5 Å². The van der Waals surface area contributed by atoms with Gasteiger partial charge in [-0.05, 0) is 18.9 Å². The maximum atomic E-state index is 12.4. The molecule has 3 heterocycles. The molecule has 1 atom stereocenters. The highest BCUT2D eigenvalue weighted by atomic mass is 16.2. The summed E-state index contributed by atoms with van der Waals surface area (Å²) in [7, 11) is 5.68. The third-order valence-electron chi connectivity index (χ3n) is 4.23. The lowest BCUT2D eigenvalue weighted by Crippen LogP contribution is -2.48. The summed E-state index contributed by atoms with van der Waals surface area (Å²) in [6, 6.07) is 3.80. The Labute approximate surface area is 141 Å². The number of anilines is 2. The Balaban J connectivity index is 1.67. The molecule has 1 aliphatic rings. The van der Waals surface area contributed by atoms with E-state index in [4.69, 9.17) is 0 Å². The summed E-state index contributed by atoms with van der Waals surface area (Å²) < 4.78 is 1.59. The summed E-state index contributed by atoms with van der Waals surface area (Å²) in [5.41, 5.74) is 0.573. The number of rotatable bonds is 4. The van der Waals surface area contributed by atoms with E-state index in [1.54, 1.807) is 30.3 Å². The number of amides is 1. The lowest BCUT2D eigenvalue weighted by molar-refractivity contribution is 0.0923. The number of carbonyl (C=O) groups is 1. The molecule has 2 aromatic heterocycles. The Morgan fingerprint density at radius 3 is 2.92 bits per heavy atom. The lowest BCUT2D eigenvalue weighted by atomic mass is 10.1. The molecule has 1 aliphatic heterocycles. The molecule has 0 aromatic carbocycles. The SMILES string of the molecule is CN(C)c1cc(N2CCC[C@H](NC(=O)c3ccnn3C)C2)ncn1. The van der Waals surface area contributed by atoms with Crippen LogP contribution in [0.3, 0.4) is 0 Å². The molecule has 0 bridgehead atoms. The standard InChI is InChI=1S/C16H23N7O/c1-21(2)14-9-15(18-11-17-14)23-8-4-5-12(10-23)20-16(24)13-6-7-19-22(13)3/h6-7,9,11-12H,4-5,8,10H2,1-3H3,(H,20,24)/t12-/m0/s1. The van der Waals surface area contributed by atoms with Gasteiger partial charge in [0.05, 0.1) is 0 Å². The number of hydrogen-bond donors (Lipinski definition) is 1. The summed E-state index contributed by atoms with van der Waals surface area (Å²) in [6.07, 6.45) is 5.19. The highest BCUT2D eigenvalue weighted by molar-refractivity contribution is 5.92. The Morgan fingerprint density at radius 2 is 2.21 bits per heavy atom. The number of aryl methyl sites for hydroxylation is 1. The predicted octanol–water partition coefficient (Wildman–Crippen LogP) is 0.675. The van der Waals surface area contributed by atoms with Gasteiger partial charge in [0.1, 0.15) is 23.7 Å². The van der Waals surface area contributed by atoms with Gasteiger partial charge in [0, 0.05) is 52.5 Å². The molecule has 1 saturated heterocycles. The van der Waals surface area contributed by atoms with Gasteiger partial charge in [-0.2, -0.15) is 5.10 Å². The first-order valence-corrected chi connectivity index (χ1v) is 8.08. The molecule has 1 amide bonds. The summed E-state index contributed by atoms with van der Waals surface area (Å²) in [5.74, 6) is 1.69. The minimum atomic E-state index is -0.0847. The summed E-state index contributed by atoms with van der Waals surface area (Å²) >= 11 is 0. The highest BCUT2D eigenvalue weighted by Gasteiger charge is 2.24. The number of nitrogens with one attached hydrogen (secondary N) is 1. The van der Waals surface area contributed by atoms with Crippen LogP contribution in [0.5, 0.6) is 0 Å². The fourth-order valence-corrected chi connectivity index (χ4v) is 2.91. The van der Waals surface area contributed by atoms with Crippen LogP contribution in [0, 0.1) is 0 Å². The summed E-state index contributed by atoms with van der Waals surface area (Å²) in [4.78, 5) is 25.2. The molecule has 8 nitrogen and oxygen atoms in total. The minimum absolute atomic E-state index is 0.0847. The maximum absolute atomic E-state index is 12.4. The monoisotopic (exact) mass is 329 g/mol. The normalized spacial score (nSPS) is 17.6. The summed E-state index contributed by atoms with van der Waals surface area (Å²) in [6.45, 7) is 1.68. The van der Waals surface area contributed by atoms with Crippen LogP contribution in [0.15, 0.2) is 24.7 Å². The topological polar surface area (TPSA) is 79.2 Å². The van der Waals surface area contributed by atoms with Gasteiger partial charge in [0.15, 0.2) is 0 Å². The third kappa shape index (κ3) is 3.47. The quantitative estimate of drug-likeness (QED) is 0.888. The van der Waals surface area contributed by atoms with Gasteiger partial charge in [0.25, 0.3) is 5.91 Å². The molecule has 1 fully saturated rings. The van der Waals surface area contributed by atoms with Gasteiger partial charge in [-0.15, -0.1) is 0 Å². The first-order valence-electron chi connectivity index (χ1n) is 8.08. The van der Waals surface area contributed by atoms with Gasteiger partial charge >= 0.3 is 0 Å². The van der Waals surface area contributed by atoms with E-state index in [1.807, 2.05) is 25.1 Å². The molecule has 3 rings (SSSR count). The second-order valence-electron chi connectivity index (χ2n) is 6.23. The van der Waals surface area contributed by atoms with E-state index in [9.17, 15) is 4.79 Å². The summed E-state index contributed by atoms with van der Waals surface area (Å²) in [5, 5.41) is 7.15. The van der Waals surface area contributed by atoms with E-state index in [-0.39, 0.29) is 11.9 Å². The van der Waals surface area contributed by atoms with Crippen LogP contribution in [0.2, 0.25) is 0 Å². The zero-order chi connectivity index (χ0) is 17.1. The van der Waals surface area contributed by atoms with Crippen molar-refractivity contribution in [2.75, 3.05) is 37.0 Å².